The Kier molecular flexibility index (Phi) is 3.67. The molecule has 3 heteroatoms. The van der Waals surface area contributed by atoms with Crippen LogP contribution in [0, 0.1) is 19.3 Å². The van der Waals surface area contributed by atoms with Gasteiger partial charge in [0.25, 0.3) is 0 Å². The number of nitrogens with zero attached hydrogens (tertiary/aromatic N) is 1. The summed E-state index contributed by atoms with van der Waals surface area (Å²) in [6.45, 7) is 12.8. The third-order valence-electron chi connectivity index (χ3n) is 1.95. The van der Waals surface area contributed by atoms with Gasteiger partial charge in [-0.25, -0.2) is 4.98 Å². The summed E-state index contributed by atoms with van der Waals surface area (Å²) in [7, 11) is 0. The van der Waals surface area contributed by atoms with E-state index in [4.69, 9.17) is 0 Å². The summed E-state index contributed by atoms with van der Waals surface area (Å²) in [5, 5.41) is 4.60. The summed E-state index contributed by atoms with van der Waals surface area (Å²) in [5.41, 5.74) is 1.55. The normalized spacial score (nSPS) is 12.1. The highest BCUT2D eigenvalue weighted by atomic mass is 32.1. The lowest BCUT2D eigenvalue weighted by molar-refractivity contribution is 0.378. The molecule has 80 valence electrons. The molecule has 0 atom stereocenters. The van der Waals surface area contributed by atoms with E-state index in [-0.39, 0.29) is 0 Å². The van der Waals surface area contributed by atoms with Crippen molar-refractivity contribution >= 4 is 11.3 Å². The van der Waals surface area contributed by atoms with Crippen LogP contribution in [0.3, 0.4) is 0 Å². The number of rotatable bonds is 3. The smallest absolute Gasteiger partial charge is 0.0900 e. The molecule has 0 aliphatic rings. The van der Waals surface area contributed by atoms with Gasteiger partial charge in [-0.2, -0.15) is 0 Å². The number of hydrogen-bond donors (Lipinski definition) is 1. The molecule has 1 aromatic rings. The van der Waals surface area contributed by atoms with Crippen LogP contribution in [0.1, 0.15) is 36.3 Å². The van der Waals surface area contributed by atoms with Crippen molar-refractivity contribution in [3.05, 3.63) is 15.6 Å². The largest absolute Gasteiger partial charge is 0.311 e. The minimum absolute atomic E-state index is 0.346. The van der Waals surface area contributed by atoms with Crippen LogP contribution >= 0.6 is 11.3 Å². The zero-order valence-electron chi connectivity index (χ0n) is 9.77. The van der Waals surface area contributed by atoms with Gasteiger partial charge in [0, 0.05) is 18.0 Å². The van der Waals surface area contributed by atoms with Gasteiger partial charge >= 0.3 is 0 Å². The SMILES string of the molecule is Cc1nc(CNCC(C)(C)C)c(C)s1. The minimum atomic E-state index is 0.346. The highest BCUT2D eigenvalue weighted by Crippen LogP contribution is 2.16. The van der Waals surface area contributed by atoms with E-state index in [2.05, 4.69) is 44.9 Å². The molecule has 1 aromatic heterocycles. The van der Waals surface area contributed by atoms with Crippen molar-refractivity contribution in [3.63, 3.8) is 0 Å². The topological polar surface area (TPSA) is 24.9 Å². The molecule has 0 aliphatic carbocycles. The number of aromatic nitrogens is 1. The third kappa shape index (κ3) is 3.76. The maximum Gasteiger partial charge on any atom is 0.0900 e. The van der Waals surface area contributed by atoms with Crippen molar-refractivity contribution in [2.24, 2.45) is 5.41 Å². The van der Waals surface area contributed by atoms with Crippen molar-refractivity contribution < 1.29 is 0 Å². The minimum Gasteiger partial charge on any atom is -0.311 e. The van der Waals surface area contributed by atoms with Crippen LogP contribution in [-0.2, 0) is 6.54 Å². The molecule has 0 bridgehead atoms. The molecule has 0 unspecified atom stereocenters. The molecule has 0 radical (unpaired) electrons. The Morgan fingerprint density at radius 3 is 2.36 bits per heavy atom. The van der Waals surface area contributed by atoms with Crippen LogP contribution in [0.4, 0.5) is 0 Å². The summed E-state index contributed by atoms with van der Waals surface area (Å²) < 4.78 is 0. The molecule has 2 nitrogen and oxygen atoms in total. The lowest BCUT2D eigenvalue weighted by Gasteiger charge is -2.18. The van der Waals surface area contributed by atoms with Gasteiger partial charge in [0.05, 0.1) is 10.7 Å². The van der Waals surface area contributed by atoms with Crippen LogP contribution in [-0.4, -0.2) is 11.5 Å². The summed E-state index contributed by atoms with van der Waals surface area (Å²) in [4.78, 5) is 5.82. The van der Waals surface area contributed by atoms with E-state index >= 15 is 0 Å². The van der Waals surface area contributed by atoms with Crippen molar-refractivity contribution in [1.29, 1.82) is 0 Å². The lowest BCUT2D eigenvalue weighted by Crippen LogP contribution is -2.26. The lowest BCUT2D eigenvalue weighted by atomic mass is 9.97. The molecular weight excluding hydrogens is 192 g/mol. The van der Waals surface area contributed by atoms with Gasteiger partial charge in [-0.1, -0.05) is 20.8 Å². The fourth-order valence-electron chi connectivity index (χ4n) is 1.29. The van der Waals surface area contributed by atoms with Crippen LogP contribution in [0.15, 0.2) is 0 Å². The highest BCUT2D eigenvalue weighted by Gasteiger charge is 2.10. The Balaban J connectivity index is 2.42. The van der Waals surface area contributed by atoms with Crippen molar-refractivity contribution in [1.82, 2.24) is 10.3 Å². The predicted octanol–water partition coefficient (Wildman–Crippen LogP) is 2.90. The van der Waals surface area contributed by atoms with Gasteiger partial charge < -0.3 is 5.32 Å². The van der Waals surface area contributed by atoms with Gasteiger partial charge in [-0.05, 0) is 19.3 Å². The molecule has 0 saturated heterocycles. The number of aryl methyl sites for hydroxylation is 2. The van der Waals surface area contributed by atoms with E-state index in [1.165, 1.54) is 10.6 Å². The van der Waals surface area contributed by atoms with E-state index in [0.29, 0.717) is 5.41 Å². The summed E-state index contributed by atoms with van der Waals surface area (Å²) in [5.74, 6) is 0. The highest BCUT2D eigenvalue weighted by molar-refractivity contribution is 7.11. The van der Waals surface area contributed by atoms with Crippen LogP contribution in [0.2, 0.25) is 0 Å². The van der Waals surface area contributed by atoms with E-state index in [1.54, 1.807) is 11.3 Å². The average Bonchev–Trinajstić information content (AvgIpc) is 2.27. The molecule has 0 amide bonds. The molecule has 1 heterocycles. The van der Waals surface area contributed by atoms with Gasteiger partial charge in [0.2, 0.25) is 0 Å². The van der Waals surface area contributed by atoms with Crippen LogP contribution in [0.25, 0.3) is 0 Å². The van der Waals surface area contributed by atoms with Gasteiger partial charge in [-0.3, -0.25) is 0 Å². The molecule has 0 spiro atoms. The molecule has 0 fully saturated rings. The second-order valence-corrected chi connectivity index (χ2v) is 6.31. The number of thiazole rings is 1. The Morgan fingerprint density at radius 1 is 1.29 bits per heavy atom. The molecule has 0 aromatic carbocycles. The van der Waals surface area contributed by atoms with Gasteiger partial charge in [0.15, 0.2) is 0 Å². The number of nitrogens with one attached hydrogen (secondary N) is 1. The number of hydrogen-bond acceptors (Lipinski definition) is 3. The van der Waals surface area contributed by atoms with E-state index in [0.717, 1.165) is 18.1 Å². The van der Waals surface area contributed by atoms with Crippen LogP contribution < -0.4 is 5.32 Å². The molecule has 0 saturated carbocycles. The first-order chi connectivity index (χ1) is 6.38. The standard InChI is InChI=1S/C11H20N2S/c1-8-10(13-9(2)14-8)6-12-7-11(3,4)5/h12H,6-7H2,1-5H3. The third-order valence-corrected chi connectivity index (χ3v) is 2.88. The summed E-state index contributed by atoms with van der Waals surface area (Å²) in [6.07, 6.45) is 0. The van der Waals surface area contributed by atoms with Gasteiger partial charge in [0.1, 0.15) is 0 Å². The fraction of sp³-hybridized carbons (Fsp3) is 0.727. The van der Waals surface area contributed by atoms with E-state index in [9.17, 15) is 0 Å². The Bertz CT molecular complexity index is 297. The molecule has 1 rings (SSSR count). The Labute approximate surface area is 90.8 Å². The Morgan fingerprint density at radius 2 is 1.93 bits per heavy atom. The monoisotopic (exact) mass is 212 g/mol. The first-order valence-corrected chi connectivity index (χ1v) is 5.84. The zero-order chi connectivity index (χ0) is 10.8. The Hall–Kier alpha value is -0.410. The first kappa shape index (κ1) is 11.7. The van der Waals surface area contributed by atoms with Crippen LogP contribution in [0.5, 0.6) is 0 Å². The maximum absolute atomic E-state index is 4.49. The summed E-state index contributed by atoms with van der Waals surface area (Å²) >= 11 is 1.78. The molecule has 0 aliphatic heterocycles. The molecule has 14 heavy (non-hydrogen) atoms. The second kappa shape index (κ2) is 4.41. The zero-order valence-corrected chi connectivity index (χ0v) is 10.6. The first-order valence-electron chi connectivity index (χ1n) is 5.02. The fourth-order valence-corrected chi connectivity index (χ4v) is 2.13. The quantitative estimate of drug-likeness (QED) is 0.833. The van der Waals surface area contributed by atoms with Crippen molar-refractivity contribution in [2.75, 3.05) is 6.54 Å². The molecular formula is C11H20N2S. The van der Waals surface area contributed by atoms with Crippen molar-refractivity contribution in [3.8, 4) is 0 Å². The predicted molar refractivity (Wildman–Crippen MR) is 62.7 cm³/mol. The van der Waals surface area contributed by atoms with Crippen molar-refractivity contribution in [2.45, 2.75) is 41.2 Å². The summed E-state index contributed by atoms with van der Waals surface area (Å²) in [6, 6.07) is 0. The van der Waals surface area contributed by atoms with E-state index in [1.807, 2.05) is 0 Å². The van der Waals surface area contributed by atoms with E-state index < -0.39 is 0 Å². The maximum atomic E-state index is 4.49. The van der Waals surface area contributed by atoms with Gasteiger partial charge in [-0.15, -0.1) is 11.3 Å². The second-order valence-electron chi connectivity index (χ2n) is 4.90. The molecule has 1 N–H and O–H groups in total. The average molecular weight is 212 g/mol.